The van der Waals surface area contributed by atoms with Gasteiger partial charge in [-0.05, 0) is 67.3 Å². The molecule has 1 heterocycles. The van der Waals surface area contributed by atoms with Gasteiger partial charge in [-0.1, -0.05) is 49.7 Å². The number of piperidine rings is 1. The molecule has 9 nitrogen and oxygen atoms in total. The van der Waals surface area contributed by atoms with E-state index >= 15 is 0 Å². The molecular formula is C29H35N3O6S2. The van der Waals surface area contributed by atoms with Crippen molar-refractivity contribution in [3.05, 3.63) is 84.4 Å². The summed E-state index contributed by atoms with van der Waals surface area (Å²) in [5.74, 6) is -0.00557. The van der Waals surface area contributed by atoms with E-state index in [1.165, 1.54) is 28.6 Å². The highest BCUT2D eigenvalue weighted by atomic mass is 32.2. The van der Waals surface area contributed by atoms with E-state index in [-0.39, 0.29) is 22.9 Å². The van der Waals surface area contributed by atoms with Gasteiger partial charge in [-0.3, -0.25) is 9.10 Å². The molecule has 0 aliphatic carbocycles. The van der Waals surface area contributed by atoms with Crippen molar-refractivity contribution in [3.63, 3.8) is 0 Å². The van der Waals surface area contributed by atoms with Crippen molar-refractivity contribution in [1.82, 2.24) is 9.62 Å². The number of aryl methyl sites for hydroxylation is 1. The van der Waals surface area contributed by atoms with Crippen molar-refractivity contribution in [2.45, 2.75) is 42.4 Å². The van der Waals surface area contributed by atoms with Gasteiger partial charge in [-0.15, -0.1) is 0 Å². The second kappa shape index (κ2) is 13.3. The van der Waals surface area contributed by atoms with Crippen molar-refractivity contribution >= 4 is 31.6 Å². The molecule has 1 amide bonds. The number of rotatable bonds is 12. The average molecular weight is 586 g/mol. The quantitative estimate of drug-likeness (QED) is 0.324. The highest BCUT2D eigenvalue weighted by Gasteiger charge is 2.28. The second-order valence-electron chi connectivity index (χ2n) is 9.44. The van der Waals surface area contributed by atoms with E-state index in [0.29, 0.717) is 30.9 Å². The number of para-hydroxylation sites is 1. The maximum absolute atomic E-state index is 13.5. The Morgan fingerprint density at radius 2 is 1.50 bits per heavy atom. The number of ether oxygens (including phenoxy) is 1. The smallest absolute Gasteiger partial charge is 0.264 e. The van der Waals surface area contributed by atoms with Gasteiger partial charge in [0.1, 0.15) is 18.9 Å². The third-order valence-corrected chi connectivity index (χ3v) is 10.4. The lowest BCUT2D eigenvalue weighted by Crippen LogP contribution is -2.42. The Morgan fingerprint density at radius 1 is 0.850 bits per heavy atom. The summed E-state index contributed by atoms with van der Waals surface area (Å²) >= 11 is 0. The molecule has 0 unspecified atom stereocenters. The number of anilines is 1. The first-order valence-electron chi connectivity index (χ1n) is 13.4. The van der Waals surface area contributed by atoms with Crippen LogP contribution in [0.5, 0.6) is 5.75 Å². The first kappa shape index (κ1) is 29.6. The standard InChI is InChI=1S/C29H35N3O6S2/c1-2-24-11-7-8-14-28(24)32(40(36,37)26-12-5-3-6-13-26)23-29(33)30-19-22-38-25-15-17-27(18-16-25)39(34,35)31-20-9-4-10-21-31/h3,5-8,11-18H,2,4,9-10,19-23H2,1H3,(H,30,33). The molecule has 0 radical (unpaired) electrons. The lowest BCUT2D eigenvalue weighted by molar-refractivity contribution is -0.119. The van der Waals surface area contributed by atoms with Crippen LogP contribution >= 0.6 is 0 Å². The minimum atomic E-state index is -3.99. The van der Waals surface area contributed by atoms with Crippen LogP contribution in [0.15, 0.2) is 88.7 Å². The monoisotopic (exact) mass is 585 g/mol. The predicted octanol–water partition coefficient (Wildman–Crippen LogP) is 3.81. The Hall–Kier alpha value is -3.41. The number of amides is 1. The van der Waals surface area contributed by atoms with E-state index in [1.807, 2.05) is 19.1 Å². The van der Waals surface area contributed by atoms with Gasteiger partial charge in [-0.25, -0.2) is 16.8 Å². The normalized spacial score (nSPS) is 14.4. The average Bonchev–Trinajstić information content (AvgIpc) is 2.99. The van der Waals surface area contributed by atoms with Gasteiger partial charge >= 0.3 is 0 Å². The van der Waals surface area contributed by atoms with Crippen molar-refractivity contribution in [2.24, 2.45) is 0 Å². The molecule has 0 spiro atoms. The molecule has 214 valence electrons. The summed E-state index contributed by atoms with van der Waals surface area (Å²) in [7, 11) is -7.51. The van der Waals surface area contributed by atoms with Crippen LogP contribution in [-0.2, 0) is 31.3 Å². The first-order chi connectivity index (χ1) is 19.2. The zero-order valence-corrected chi connectivity index (χ0v) is 24.2. The van der Waals surface area contributed by atoms with Crippen LogP contribution in [0.25, 0.3) is 0 Å². The number of carbonyl (C=O) groups is 1. The minimum absolute atomic E-state index is 0.0998. The third-order valence-electron chi connectivity index (χ3n) is 6.73. The molecule has 0 bridgehead atoms. The lowest BCUT2D eigenvalue weighted by Gasteiger charge is -2.26. The zero-order chi connectivity index (χ0) is 28.6. The van der Waals surface area contributed by atoms with Crippen molar-refractivity contribution in [3.8, 4) is 5.75 Å². The summed E-state index contributed by atoms with van der Waals surface area (Å²) < 4.78 is 61.0. The van der Waals surface area contributed by atoms with E-state index in [4.69, 9.17) is 4.74 Å². The highest BCUT2D eigenvalue weighted by Crippen LogP contribution is 2.27. The second-order valence-corrected chi connectivity index (χ2v) is 13.2. The summed E-state index contributed by atoms with van der Waals surface area (Å²) in [4.78, 5) is 13.2. The molecule has 1 fully saturated rings. The van der Waals surface area contributed by atoms with Crippen molar-refractivity contribution < 1.29 is 26.4 Å². The maximum Gasteiger partial charge on any atom is 0.264 e. The van der Waals surface area contributed by atoms with Crippen molar-refractivity contribution in [2.75, 3.05) is 37.1 Å². The molecule has 0 saturated carbocycles. The fraction of sp³-hybridized carbons (Fsp3) is 0.345. The van der Waals surface area contributed by atoms with Crippen LogP contribution in [0.3, 0.4) is 0 Å². The van der Waals surface area contributed by atoms with Crippen LogP contribution in [0, 0.1) is 0 Å². The van der Waals surface area contributed by atoms with Crippen molar-refractivity contribution in [1.29, 1.82) is 0 Å². The minimum Gasteiger partial charge on any atom is -0.492 e. The largest absolute Gasteiger partial charge is 0.492 e. The SMILES string of the molecule is CCc1ccccc1N(CC(=O)NCCOc1ccc(S(=O)(=O)N2CCCCC2)cc1)S(=O)(=O)c1ccccc1. The van der Waals surface area contributed by atoms with Crippen LogP contribution in [0.1, 0.15) is 31.7 Å². The van der Waals surface area contributed by atoms with Gasteiger partial charge < -0.3 is 10.1 Å². The molecule has 40 heavy (non-hydrogen) atoms. The molecule has 3 aromatic carbocycles. The molecule has 1 saturated heterocycles. The molecular weight excluding hydrogens is 550 g/mol. The fourth-order valence-electron chi connectivity index (χ4n) is 4.58. The van der Waals surface area contributed by atoms with Gasteiger partial charge in [-0.2, -0.15) is 4.31 Å². The number of sulfonamides is 2. The van der Waals surface area contributed by atoms with Gasteiger partial charge in [0, 0.05) is 13.1 Å². The van der Waals surface area contributed by atoms with E-state index in [0.717, 1.165) is 29.1 Å². The first-order valence-corrected chi connectivity index (χ1v) is 16.3. The van der Waals surface area contributed by atoms with E-state index in [2.05, 4.69) is 5.32 Å². The van der Waals surface area contributed by atoms with Gasteiger partial charge in [0.15, 0.2) is 0 Å². The molecule has 3 aromatic rings. The Kier molecular flexibility index (Phi) is 9.83. The number of hydrogen-bond acceptors (Lipinski definition) is 6. The summed E-state index contributed by atoms with van der Waals surface area (Å²) in [6.07, 6.45) is 3.38. The molecule has 11 heteroatoms. The van der Waals surface area contributed by atoms with Crippen LogP contribution in [0.2, 0.25) is 0 Å². The topological polar surface area (TPSA) is 113 Å². The van der Waals surface area contributed by atoms with Gasteiger partial charge in [0.2, 0.25) is 15.9 Å². The Morgan fingerprint density at radius 3 is 2.17 bits per heavy atom. The summed E-state index contributed by atoms with van der Waals surface area (Å²) in [5.41, 5.74) is 1.27. The summed E-state index contributed by atoms with van der Waals surface area (Å²) in [6, 6.07) is 21.4. The fourth-order valence-corrected chi connectivity index (χ4v) is 7.58. The van der Waals surface area contributed by atoms with Crippen LogP contribution in [-0.4, -0.2) is 59.8 Å². The number of nitrogens with one attached hydrogen (secondary N) is 1. The molecule has 4 rings (SSSR count). The Bertz CT molecular complexity index is 1490. The van der Waals surface area contributed by atoms with Crippen LogP contribution < -0.4 is 14.4 Å². The lowest BCUT2D eigenvalue weighted by atomic mass is 10.1. The number of carbonyl (C=O) groups excluding carboxylic acids is 1. The molecule has 1 aliphatic rings. The predicted molar refractivity (Wildman–Crippen MR) is 154 cm³/mol. The number of hydrogen-bond donors (Lipinski definition) is 1. The molecule has 0 atom stereocenters. The summed E-state index contributed by atoms with van der Waals surface area (Å²) in [6.45, 7) is 2.88. The Labute approximate surface area is 236 Å². The van der Waals surface area contributed by atoms with Gasteiger partial charge in [0.05, 0.1) is 22.0 Å². The Balaban J connectivity index is 1.36. The number of nitrogens with zero attached hydrogens (tertiary/aromatic N) is 2. The third kappa shape index (κ3) is 7.01. The van der Waals surface area contributed by atoms with Crippen LogP contribution in [0.4, 0.5) is 5.69 Å². The zero-order valence-electron chi connectivity index (χ0n) is 22.5. The molecule has 1 aliphatic heterocycles. The summed E-state index contributed by atoms with van der Waals surface area (Å²) in [5, 5.41) is 2.72. The van der Waals surface area contributed by atoms with E-state index < -0.39 is 32.5 Å². The highest BCUT2D eigenvalue weighted by molar-refractivity contribution is 7.92. The molecule has 1 N–H and O–H groups in total. The number of benzene rings is 3. The molecule has 0 aromatic heterocycles. The maximum atomic E-state index is 13.5. The van der Waals surface area contributed by atoms with E-state index in [9.17, 15) is 21.6 Å². The van der Waals surface area contributed by atoms with Gasteiger partial charge in [0.25, 0.3) is 10.0 Å². The van der Waals surface area contributed by atoms with E-state index in [1.54, 1.807) is 42.5 Å².